The van der Waals surface area contributed by atoms with Crippen LogP contribution in [-0.4, -0.2) is 42.2 Å². The minimum Gasteiger partial charge on any atom is -0.350 e. The molecule has 4 aromatic rings. The third-order valence-corrected chi connectivity index (χ3v) is 9.30. The summed E-state index contributed by atoms with van der Waals surface area (Å²) in [5.74, 6) is -0.447. The van der Waals surface area contributed by atoms with E-state index in [-0.39, 0.29) is 35.7 Å². The smallest absolute Gasteiger partial charge is 0.243 e. The highest BCUT2D eigenvalue weighted by Gasteiger charge is 2.31. The van der Waals surface area contributed by atoms with E-state index in [9.17, 15) is 18.0 Å². The number of nitrogens with zero attached hydrogens (tertiary/aromatic N) is 2. The maximum Gasteiger partial charge on any atom is 0.243 e. The van der Waals surface area contributed by atoms with E-state index < -0.39 is 16.1 Å². The molecule has 8 nitrogen and oxygen atoms in total. The summed E-state index contributed by atoms with van der Waals surface area (Å²) in [5, 5.41) is 3.60. The third kappa shape index (κ3) is 8.98. The fourth-order valence-corrected chi connectivity index (χ4v) is 6.30. The number of hydrogen-bond donors (Lipinski definition) is 2. The van der Waals surface area contributed by atoms with Crippen LogP contribution in [0.15, 0.2) is 108 Å². The van der Waals surface area contributed by atoms with Gasteiger partial charge in [0.2, 0.25) is 21.8 Å². The van der Waals surface area contributed by atoms with Crippen LogP contribution >= 0.6 is 11.6 Å². The first-order chi connectivity index (χ1) is 21.3. The highest BCUT2D eigenvalue weighted by Crippen LogP contribution is 2.23. The lowest BCUT2D eigenvalue weighted by Crippen LogP contribution is -2.50. The number of nitrogens with one attached hydrogen (secondary N) is 2. The number of sulfonamides is 1. The topological polar surface area (TPSA) is 108 Å². The molecule has 5 rings (SSSR count). The SMILES string of the molecule is O=C(NCc1ccncc1)[C@H](Cc1ccccc1)N(Cc1ccc(Cl)cc1)C(=O)CCc1ccc(S(=O)(=O)NC2CC2)cc1. The highest BCUT2D eigenvalue weighted by molar-refractivity contribution is 7.89. The molecule has 228 valence electrons. The van der Waals surface area contributed by atoms with Crippen LogP contribution in [0.25, 0.3) is 0 Å². The second-order valence-electron chi connectivity index (χ2n) is 11.0. The van der Waals surface area contributed by atoms with Gasteiger partial charge in [0.05, 0.1) is 4.90 Å². The van der Waals surface area contributed by atoms with Crippen LogP contribution in [0.5, 0.6) is 0 Å². The van der Waals surface area contributed by atoms with Gasteiger partial charge in [0.15, 0.2) is 0 Å². The maximum absolute atomic E-state index is 14.0. The molecule has 1 aliphatic carbocycles. The van der Waals surface area contributed by atoms with E-state index in [1.54, 1.807) is 53.7 Å². The molecular weight excluding hydrogens is 596 g/mol. The first kappa shape index (κ1) is 31.4. The number of hydrogen-bond acceptors (Lipinski definition) is 5. The molecule has 0 radical (unpaired) electrons. The van der Waals surface area contributed by atoms with Crippen molar-refractivity contribution < 1.29 is 18.0 Å². The molecule has 10 heteroatoms. The lowest BCUT2D eigenvalue weighted by atomic mass is 10.0. The Bertz CT molecular complexity index is 1650. The highest BCUT2D eigenvalue weighted by atomic mass is 35.5. The number of benzene rings is 3. The maximum atomic E-state index is 14.0. The van der Waals surface area contributed by atoms with Gasteiger partial charge < -0.3 is 10.2 Å². The lowest BCUT2D eigenvalue weighted by molar-refractivity contribution is -0.141. The number of amides is 2. The number of rotatable bonds is 14. The van der Waals surface area contributed by atoms with E-state index in [0.717, 1.165) is 35.1 Å². The minimum atomic E-state index is -3.55. The van der Waals surface area contributed by atoms with Crippen molar-refractivity contribution in [2.24, 2.45) is 0 Å². The standard InChI is InChI=1S/C34H35ClN4O4S/c35-29-11-6-28(7-12-29)24-39(33(40)17-10-25-8-15-31(16-9-25)44(42,43)38-30-13-14-30)32(22-26-4-2-1-3-5-26)34(41)37-23-27-18-20-36-21-19-27/h1-9,11-12,15-16,18-21,30,32,38H,10,13-14,17,22-24H2,(H,37,41)/t32-/m0/s1. The number of aryl methyl sites for hydroxylation is 1. The van der Waals surface area contributed by atoms with Gasteiger partial charge in [-0.1, -0.05) is 66.2 Å². The van der Waals surface area contributed by atoms with Gasteiger partial charge in [-0.15, -0.1) is 0 Å². The van der Waals surface area contributed by atoms with E-state index in [1.807, 2.05) is 54.6 Å². The van der Waals surface area contributed by atoms with Crippen molar-refractivity contribution in [3.8, 4) is 0 Å². The fourth-order valence-electron chi connectivity index (χ4n) is 4.87. The summed E-state index contributed by atoms with van der Waals surface area (Å²) in [4.78, 5) is 33.6. The van der Waals surface area contributed by atoms with Gasteiger partial charge >= 0.3 is 0 Å². The molecule has 0 saturated heterocycles. The van der Waals surface area contributed by atoms with E-state index in [1.165, 1.54) is 0 Å². The van der Waals surface area contributed by atoms with Gasteiger partial charge in [0.1, 0.15) is 6.04 Å². The quantitative estimate of drug-likeness (QED) is 0.202. The molecule has 2 N–H and O–H groups in total. The average Bonchev–Trinajstić information content (AvgIpc) is 3.86. The fraction of sp³-hybridized carbons (Fsp3) is 0.265. The van der Waals surface area contributed by atoms with Gasteiger partial charge in [-0.05, 0) is 77.9 Å². The van der Waals surface area contributed by atoms with E-state index in [2.05, 4.69) is 15.0 Å². The Morgan fingerprint density at radius 1 is 0.841 bits per heavy atom. The number of pyridine rings is 1. The number of halogens is 1. The van der Waals surface area contributed by atoms with Crippen LogP contribution in [-0.2, 0) is 45.5 Å². The largest absolute Gasteiger partial charge is 0.350 e. The first-order valence-electron chi connectivity index (χ1n) is 14.6. The van der Waals surface area contributed by atoms with Crippen molar-refractivity contribution in [1.29, 1.82) is 0 Å². The zero-order chi connectivity index (χ0) is 30.9. The van der Waals surface area contributed by atoms with E-state index in [4.69, 9.17) is 11.6 Å². The first-order valence-corrected chi connectivity index (χ1v) is 16.5. The third-order valence-electron chi connectivity index (χ3n) is 7.51. The molecule has 1 fully saturated rings. The van der Waals surface area contributed by atoms with Gasteiger partial charge in [-0.3, -0.25) is 14.6 Å². The van der Waals surface area contributed by atoms with E-state index >= 15 is 0 Å². The Balaban J connectivity index is 1.36. The van der Waals surface area contributed by atoms with E-state index in [0.29, 0.717) is 24.4 Å². The molecule has 1 heterocycles. The van der Waals surface area contributed by atoms with Crippen LogP contribution in [0, 0.1) is 0 Å². The Morgan fingerprint density at radius 3 is 2.16 bits per heavy atom. The summed E-state index contributed by atoms with van der Waals surface area (Å²) in [7, 11) is -3.55. The van der Waals surface area contributed by atoms with Crippen LogP contribution in [0.1, 0.15) is 41.5 Å². The molecule has 0 spiro atoms. The van der Waals surface area contributed by atoms with Crippen molar-refractivity contribution in [1.82, 2.24) is 19.9 Å². The number of carbonyl (C=O) groups is 2. The van der Waals surface area contributed by atoms with Crippen LogP contribution < -0.4 is 10.0 Å². The molecule has 1 aromatic heterocycles. The van der Waals surface area contributed by atoms with Gasteiger partial charge in [0, 0.05) is 49.4 Å². The predicted molar refractivity (Wildman–Crippen MR) is 170 cm³/mol. The molecule has 2 amide bonds. The van der Waals surface area contributed by atoms with Crippen LogP contribution in [0.4, 0.5) is 0 Å². The molecule has 0 bridgehead atoms. The van der Waals surface area contributed by atoms with Crippen molar-refractivity contribution in [3.05, 3.63) is 131 Å². The summed E-state index contributed by atoms with van der Waals surface area (Å²) in [6.45, 7) is 0.528. The lowest BCUT2D eigenvalue weighted by Gasteiger charge is -2.32. The molecule has 0 aliphatic heterocycles. The number of carbonyl (C=O) groups excluding carboxylic acids is 2. The Hall–Kier alpha value is -4.05. The molecule has 44 heavy (non-hydrogen) atoms. The Kier molecular flexibility index (Phi) is 10.4. The monoisotopic (exact) mass is 630 g/mol. The summed E-state index contributed by atoms with van der Waals surface area (Å²) in [6.07, 6.45) is 5.93. The van der Waals surface area contributed by atoms with Crippen molar-refractivity contribution in [2.45, 2.75) is 62.2 Å². The van der Waals surface area contributed by atoms with Gasteiger partial charge in [-0.25, -0.2) is 13.1 Å². The molecule has 1 saturated carbocycles. The zero-order valence-corrected chi connectivity index (χ0v) is 25.8. The molecular formula is C34H35ClN4O4S. The zero-order valence-electron chi connectivity index (χ0n) is 24.2. The summed E-state index contributed by atoms with van der Waals surface area (Å²) < 4.78 is 27.8. The van der Waals surface area contributed by atoms with Crippen molar-refractivity contribution >= 4 is 33.4 Å². The summed E-state index contributed by atoms with van der Waals surface area (Å²) >= 11 is 6.12. The average molecular weight is 631 g/mol. The molecule has 0 unspecified atom stereocenters. The second-order valence-corrected chi connectivity index (χ2v) is 13.1. The summed E-state index contributed by atoms with van der Waals surface area (Å²) in [6, 6.07) is 26.4. The van der Waals surface area contributed by atoms with Crippen LogP contribution in [0.2, 0.25) is 5.02 Å². The van der Waals surface area contributed by atoms with Crippen molar-refractivity contribution in [3.63, 3.8) is 0 Å². The second kappa shape index (κ2) is 14.6. The number of aromatic nitrogens is 1. The Labute approximate surface area is 263 Å². The molecule has 1 aliphatic rings. The molecule has 3 aromatic carbocycles. The van der Waals surface area contributed by atoms with Gasteiger partial charge in [0.25, 0.3) is 0 Å². The molecule has 1 atom stereocenters. The van der Waals surface area contributed by atoms with Gasteiger partial charge in [-0.2, -0.15) is 0 Å². The summed E-state index contributed by atoms with van der Waals surface area (Å²) in [5.41, 5.74) is 3.51. The Morgan fingerprint density at radius 2 is 1.50 bits per heavy atom. The van der Waals surface area contributed by atoms with Crippen molar-refractivity contribution in [2.75, 3.05) is 0 Å². The van der Waals surface area contributed by atoms with Crippen LogP contribution in [0.3, 0.4) is 0 Å². The predicted octanol–water partition coefficient (Wildman–Crippen LogP) is 5.06. The normalized spacial score (nSPS) is 13.7. The minimum absolute atomic E-state index is 0.0228.